The Morgan fingerprint density at radius 1 is 0.457 bits per heavy atom. The second-order valence-electron chi connectivity index (χ2n) is 12.1. The zero-order valence-electron chi connectivity index (χ0n) is 27.7. The summed E-state index contributed by atoms with van der Waals surface area (Å²) in [6.45, 7) is 12.5. The fourth-order valence-electron chi connectivity index (χ4n) is 6.68. The smallest absolute Gasteiger partial charge is 0.0537 e. The lowest BCUT2D eigenvalue weighted by Crippen LogP contribution is -2.05. The first kappa shape index (κ1) is 33.2. The number of anilines is 4. The van der Waals surface area contributed by atoms with E-state index in [9.17, 15) is 0 Å². The molecule has 0 radical (unpaired) electrons. The lowest BCUT2D eigenvalue weighted by molar-refractivity contribution is 1.09. The number of aryl methyl sites for hydroxylation is 4. The Kier molecular flexibility index (Phi) is 9.62. The summed E-state index contributed by atoms with van der Waals surface area (Å²) in [7, 11) is 0. The van der Waals surface area contributed by atoms with Gasteiger partial charge in [-0.25, -0.2) is 0 Å². The van der Waals surface area contributed by atoms with Crippen LogP contribution in [-0.2, 0) is 25.7 Å². The number of rotatable bonds is 8. The molecule has 5 aromatic carbocycles. The molecule has 0 spiro atoms. The molecule has 46 heavy (non-hydrogen) atoms. The van der Waals surface area contributed by atoms with Gasteiger partial charge >= 0.3 is 0 Å². The molecule has 6 heteroatoms. The maximum absolute atomic E-state index is 7.41. The van der Waals surface area contributed by atoms with Gasteiger partial charge in [0, 0.05) is 50.6 Å². The summed E-state index contributed by atoms with van der Waals surface area (Å²) < 4.78 is 0. The van der Waals surface area contributed by atoms with Crippen molar-refractivity contribution < 1.29 is 0 Å². The molecule has 0 unspecified atom stereocenters. The van der Waals surface area contributed by atoms with Crippen molar-refractivity contribution >= 4 is 46.0 Å². The van der Waals surface area contributed by atoms with Gasteiger partial charge in [-0.2, -0.15) is 0 Å². The second-order valence-corrected chi connectivity index (χ2v) is 12.8. The maximum Gasteiger partial charge on any atom is 0.0537 e. The highest BCUT2D eigenvalue weighted by Gasteiger charge is 2.27. The molecule has 0 aliphatic carbocycles. The lowest BCUT2D eigenvalue weighted by Gasteiger charge is -2.26. The second kappa shape index (κ2) is 13.3. The van der Waals surface area contributed by atoms with Crippen molar-refractivity contribution in [3.63, 3.8) is 0 Å². The van der Waals surface area contributed by atoms with E-state index in [1.807, 2.05) is 26.0 Å². The van der Waals surface area contributed by atoms with E-state index in [-0.39, 0.29) is 0 Å². The number of benzene rings is 5. The number of halogens is 2. The molecule has 238 valence electrons. The van der Waals surface area contributed by atoms with Crippen molar-refractivity contribution in [2.45, 2.75) is 67.2 Å². The average Bonchev–Trinajstić information content (AvgIpc) is 3.02. The SMILES string of the molecule is CCc1cc(-c2ccc(-c3ccc(C)cc3N)c(-c3ccc(C)cc3N)c2-c2cc(CC)c(N)c(CC)c2Cl)c(Cl)c(CC)c1N. The van der Waals surface area contributed by atoms with Gasteiger partial charge in [0.05, 0.1) is 10.0 Å². The minimum atomic E-state index is 0.623. The van der Waals surface area contributed by atoms with Gasteiger partial charge in [-0.15, -0.1) is 0 Å². The van der Waals surface area contributed by atoms with Crippen LogP contribution in [0.3, 0.4) is 0 Å². The Balaban J connectivity index is 2.09. The van der Waals surface area contributed by atoms with E-state index in [1.54, 1.807) is 0 Å². The Morgan fingerprint density at radius 3 is 1.30 bits per heavy atom. The fraction of sp³-hybridized carbons (Fsp3) is 0.250. The van der Waals surface area contributed by atoms with Crippen molar-refractivity contribution in [1.29, 1.82) is 0 Å². The van der Waals surface area contributed by atoms with Crippen LogP contribution in [-0.4, -0.2) is 0 Å². The van der Waals surface area contributed by atoms with Crippen LogP contribution in [0.5, 0.6) is 0 Å². The first-order valence-corrected chi connectivity index (χ1v) is 16.8. The monoisotopic (exact) mass is 650 g/mol. The van der Waals surface area contributed by atoms with E-state index in [0.29, 0.717) is 34.3 Å². The molecule has 4 nitrogen and oxygen atoms in total. The van der Waals surface area contributed by atoms with Gasteiger partial charge in [-0.3, -0.25) is 0 Å². The molecule has 0 aromatic heterocycles. The third-order valence-electron chi connectivity index (χ3n) is 9.19. The van der Waals surface area contributed by atoms with E-state index in [1.165, 1.54) is 0 Å². The van der Waals surface area contributed by atoms with Crippen LogP contribution < -0.4 is 22.9 Å². The van der Waals surface area contributed by atoms with Crippen LogP contribution in [0.25, 0.3) is 44.5 Å². The molecule has 0 aliphatic rings. The van der Waals surface area contributed by atoms with Crippen molar-refractivity contribution in [2.24, 2.45) is 0 Å². The molecular formula is C40H44Cl2N4. The number of nitrogen functional groups attached to an aromatic ring is 4. The highest BCUT2D eigenvalue weighted by molar-refractivity contribution is 6.36. The third kappa shape index (κ3) is 5.70. The number of nitrogens with two attached hydrogens (primary N) is 4. The summed E-state index contributed by atoms with van der Waals surface area (Å²) >= 11 is 14.7. The van der Waals surface area contributed by atoms with Crippen molar-refractivity contribution in [3.8, 4) is 44.5 Å². The minimum absolute atomic E-state index is 0.623. The Bertz CT molecular complexity index is 1980. The van der Waals surface area contributed by atoms with Crippen LogP contribution in [0.4, 0.5) is 22.7 Å². The maximum atomic E-state index is 7.41. The van der Waals surface area contributed by atoms with E-state index in [4.69, 9.17) is 46.1 Å². The summed E-state index contributed by atoms with van der Waals surface area (Å²) in [4.78, 5) is 0. The Morgan fingerprint density at radius 2 is 0.848 bits per heavy atom. The standard InChI is InChI=1S/C40H44Cl2N4/c1-7-23-19-31(37(41)25(9-3)39(23)45)29-16-15-28(27-13-11-21(5)17-33(27)43)35(30-14-12-22(6)18-34(30)44)36(29)32-20-24(8-2)40(46)26(10-4)38(32)42/h11-20H,7-10,43-46H2,1-6H3. The molecule has 0 aliphatic heterocycles. The molecule has 0 saturated carbocycles. The molecule has 5 rings (SSSR count). The predicted molar refractivity (Wildman–Crippen MR) is 203 cm³/mol. The molecule has 5 aromatic rings. The quantitative estimate of drug-likeness (QED) is 0.125. The highest BCUT2D eigenvalue weighted by Crippen LogP contribution is 2.52. The summed E-state index contributed by atoms with van der Waals surface area (Å²) in [5.74, 6) is 0. The van der Waals surface area contributed by atoms with Crippen LogP contribution in [0.2, 0.25) is 10.0 Å². The van der Waals surface area contributed by atoms with Crippen LogP contribution in [0.15, 0.2) is 60.7 Å². The molecule has 0 heterocycles. The topological polar surface area (TPSA) is 104 Å². The van der Waals surface area contributed by atoms with Gasteiger partial charge in [-0.05, 0) is 114 Å². The van der Waals surface area contributed by atoms with Crippen molar-refractivity contribution in [1.82, 2.24) is 0 Å². The van der Waals surface area contributed by atoms with E-state index in [0.717, 1.165) is 102 Å². The third-order valence-corrected chi connectivity index (χ3v) is 10.1. The van der Waals surface area contributed by atoms with Gasteiger partial charge in [0.15, 0.2) is 0 Å². The Labute approximate surface area is 283 Å². The molecule has 0 atom stereocenters. The summed E-state index contributed by atoms with van der Waals surface area (Å²) in [5.41, 5.74) is 43.3. The molecule has 8 N–H and O–H groups in total. The summed E-state index contributed by atoms with van der Waals surface area (Å²) in [6.07, 6.45) is 2.93. The van der Waals surface area contributed by atoms with Crippen molar-refractivity contribution in [2.75, 3.05) is 22.9 Å². The van der Waals surface area contributed by atoms with E-state index in [2.05, 4.69) is 76.2 Å². The summed E-state index contributed by atoms with van der Waals surface area (Å²) in [6, 6.07) is 20.9. The first-order chi connectivity index (χ1) is 22.0. The number of hydrogen-bond acceptors (Lipinski definition) is 4. The predicted octanol–water partition coefficient (Wildman–Crippen LogP) is 10.9. The van der Waals surface area contributed by atoms with E-state index >= 15 is 0 Å². The zero-order chi connectivity index (χ0) is 33.4. The normalized spacial score (nSPS) is 11.3. The average molecular weight is 652 g/mol. The molecule has 0 saturated heterocycles. The van der Waals surface area contributed by atoms with Gasteiger partial charge in [0.25, 0.3) is 0 Å². The van der Waals surface area contributed by atoms with Crippen LogP contribution in [0.1, 0.15) is 61.1 Å². The lowest BCUT2D eigenvalue weighted by atomic mass is 9.80. The van der Waals surface area contributed by atoms with Gasteiger partial charge in [0.2, 0.25) is 0 Å². The van der Waals surface area contributed by atoms with Gasteiger partial charge in [-0.1, -0.05) is 87.3 Å². The largest absolute Gasteiger partial charge is 0.398 e. The number of hydrogen-bond donors (Lipinski definition) is 4. The molecule has 0 amide bonds. The van der Waals surface area contributed by atoms with Crippen LogP contribution in [0, 0.1) is 13.8 Å². The van der Waals surface area contributed by atoms with Gasteiger partial charge in [0.1, 0.15) is 0 Å². The minimum Gasteiger partial charge on any atom is -0.398 e. The molecular weight excluding hydrogens is 607 g/mol. The highest BCUT2D eigenvalue weighted by atomic mass is 35.5. The van der Waals surface area contributed by atoms with E-state index < -0.39 is 0 Å². The summed E-state index contributed by atoms with van der Waals surface area (Å²) in [5, 5.41) is 1.26. The zero-order valence-corrected chi connectivity index (χ0v) is 29.2. The van der Waals surface area contributed by atoms with Crippen molar-refractivity contribution in [3.05, 3.63) is 104 Å². The van der Waals surface area contributed by atoms with Crippen LogP contribution >= 0.6 is 23.2 Å². The Hall–Kier alpha value is -4.12. The first-order valence-electron chi connectivity index (χ1n) is 16.1. The molecule has 0 fully saturated rings. The fourth-order valence-corrected chi connectivity index (χ4v) is 7.46. The molecule has 0 bridgehead atoms. The van der Waals surface area contributed by atoms with Gasteiger partial charge < -0.3 is 22.9 Å².